The molecule has 36 heavy (non-hydrogen) atoms. The highest BCUT2D eigenvalue weighted by molar-refractivity contribution is 5.94. The monoisotopic (exact) mass is 509 g/mol. The van der Waals surface area contributed by atoms with E-state index in [1.165, 1.54) is 12.5 Å². The van der Waals surface area contributed by atoms with Crippen molar-refractivity contribution in [3.8, 4) is 0 Å². The number of nitrogens with one attached hydrogen (secondary N) is 4. The van der Waals surface area contributed by atoms with Crippen molar-refractivity contribution in [3.05, 3.63) is 18.2 Å². The molecule has 0 aromatic carbocycles. The van der Waals surface area contributed by atoms with E-state index in [0.717, 1.165) is 0 Å². The molecule has 6 unspecified atom stereocenters. The Balaban J connectivity index is 3.05. The van der Waals surface area contributed by atoms with Crippen LogP contribution in [-0.4, -0.2) is 68.8 Å². The van der Waals surface area contributed by atoms with E-state index in [-0.39, 0.29) is 31.1 Å². The minimum absolute atomic E-state index is 0.0728. The minimum Gasteiger partial charge on any atom is -0.480 e. The number of H-pyrrole nitrogens is 1. The highest BCUT2D eigenvalue weighted by Crippen LogP contribution is 2.12. The van der Waals surface area contributed by atoms with E-state index in [1.807, 2.05) is 20.8 Å². The molecule has 0 aliphatic rings. The Morgan fingerprint density at radius 1 is 0.972 bits per heavy atom. The number of nitrogens with zero attached hydrogens (tertiary/aromatic N) is 1. The van der Waals surface area contributed by atoms with Crippen LogP contribution in [0.5, 0.6) is 0 Å². The third-order valence-electron chi connectivity index (χ3n) is 6.26. The van der Waals surface area contributed by atoms with Gasteiger partial charge in [-0.2, -0.15) is 0 Å². The molecule has 1 aromatic heterocycles. The number of aromatic amines is 1. The third kappa shape index (κ3) is 9.64. The summed E-state index contributed by atoms with van der Waals surface area (Å²) >= 11 is 0. The molecule has 0 spiro atoms. The second-order valence-corrected chi connectivity index (χ2v) is 9.03. The van der Waals surface area contributed by atoms with E-state index in [0.29, 0.717) is 18.5 Å². The number of imidazole rings is 1. The van der Waals surface area contributed by atoms with Gasteiger partial charge in [0.1, 0.15) is 18.1 Å². The Labute approximate surface area is 210 Å². The summed E-state index contributed by atoms with van der Waals surface area (Å²) in [5, 5.41) is 17.2. The van der Waals surface area contributed by atoms with Crippen LogP contribution in [0.25, 0.3) is 0 Å². The number of carbonyl (C=O) groups is 5. The molecule has 0 radical (unpaired) electrons. The largest absolute Gasteiger partial charge is 0.480 e. The van der Waals surface area contributed by atoms with E-state index in [9.17, 15) is 29.1 Å². The Kier molecular flexibility index (Phi) is 12.6. The Morgan fingerprint density at radius 2 is 1.58 bits per heavy atom. The van der Waals surface area contributed by atoms with Gasteiger partial charge in [-0.1, -0.05) is 40.5 Å². The molecular weight excluding hydrogens is 470 g/mol. The van der Waals surface area contributed by atoms with Gasteiger partial charge in [-0.3, -0.25) is 19.2 Å². The van der Waals surface area contributed by atoms with Crippen LogP contribution in [0.3, 0.4) is 0 Å². The summed E-state index contributed by atoms with van der Waals surface area (Å²) < 4.78 is 0. The molecule has 0 fully saturated rings. The molecule has 202 valence electrons. The summed E-state index contributed by atoms with van der Waals surface area (Å²) in [6.45, 7) is 7.34. The van der Waals surface area contributed by atoms with Gasteiger partial charge in [0.15, 0.2) is 0 Å². The van der Waals surface area contributed by atoms with Crippen LogP contribution in [0.15, 0.2) is 12.5 Å². The molecule has 13 heteroatoms. The van der Waals surface area contributed by atoms with E-state index < -0.39 is 53.8 Å². The molecule has 0 aliphatic heterocycles. The first-order valence-electron chi connectivity index (χ1n) is 12.1. The summed E-state index contributed by atoms with van der Waals surface area (Å²) in [5.74, 6) is -4.34. The van der Waals surface area contributed by atoms with Crippen LogP contribution in [0, 0.1) is 11.8 Å². The number of carboxylic acids is 1. The first-order chi connectivity index (χ1) is 16.9. The van der Waals surface area contributed by atoms with Crippen molar-refractivity contribution in [1.29, 1.82) is 0 Å². The molecule has 1 rings (SSSR count). The predicted molar refractivity (Wildman–Crippen MR) is 131 cm³/mol. The fourth-order valence-electron chi connectivity index (χ4n) is 3.37. The summed E-state index contributed by atoms with van der Waals surface area (Å²) in [6.07, 6.45) is 3.57. The number of amides is 4. The topological polar surface area (TPSA) is 222 Å². The molecule has 4 amide bonds. The first kappa shape index (κ1) is 30.6. The van der Waals surface area contributed by atoms with Crippen LogP contribution >= 0.6 is 0 Å². The maximum atomic E-state index is 13.2. The maximum absolute atomic E-state index is 13.2. The average molecular weight is 510 g/mol. The van der Waals surface area contributed by atoms with Gasteiger partial charge in [0.25, 0.3) is 0 Å². The normalized spacial score (nSPS) is 16.0. The molecular formula is C23H39N7O6. The number of nitrogens with two attached hydrogens (primary N) is 2. The van der Waals surface area contributed by atoms with Gasteiger partial charge < -0.3 is 37.5 Å². The van der Waals surface area contributed by atoms with Crippen LogP contribution in [0.2, 0.25) is 0 Å². The lowest BCUT2D eigenvalue weighted by atomic mass is 9.95. The van der Waals surface area contributed by atoms with Crippen molar-refractivity contribution in [2.75, 3.05) is 0 Å². The van der Waals surface area contributed by atoms with Gasteiger partial charge in [-0.05, 0) is 18.3 Å². The molecule has 1 heterocycles. The predicted octanol–water partition coefficient (Wildman–Crippen LogP) is -0.824. The molecule has 0 aliphatic carbocycles. The quantitative estimate of drug-likeness (QED) is 0.149. The fraction of sp³-hybridized carbons (Fsp3) is 0.652. The number of hydrogen-bond acceptors (Lipinski definition) is 7. The lowest BCUT2D eigenvalue weighted by molar-refractivity contribution is -0.142. The SMILES string of the molecule is CCC(C)C(N)C(=O)NC(C(=O)NC(CCC(N)=O)C(=O)NC(Cc1cnc[nH]1)C(=O)O)C(C)CC. The van der Waals surface area contributed by atoms with Gasteiger partial charge in [0.2, 0.25) is 23.6 Å². The third-order valence-corrected chi connectivity index (χ3v) is 6.26. The molecule has 6 atom stereocenters. The van der Waals surface area contributed by atoms with Gasteiger partial charge in [-0.15, -0.1) is 0 Å². The first-order valence-corrected chi connectivity index (χ1v) is 12.1. The fourth-order valence-corrected chi connectivity index (χ4v) is 3.37. The zero-order valence-corrected chi connectivity index (χ0v) is 21.2. The summed E-state index contributed by atoms with van der Waals surface area (Å²) in [4.78, 5) is 68.5. The smallest absolute Gasteiger partial charge is 0.326 e. The molecule has 0 saturated heterocycles. The van der Waals surface area contributed by atoms with Crippen LogP contribution < -0.4 is 27.4 Å². The highest BCUT2D eigenvalue weighted by atomic mass is 16.4. The number of aliphatic carboxylic acids is 1. The zero-order chi connectivity index (χ0) is 27.4. The van der Waals surface area contributed by atoms with Crippen LogP contribution in [0.4, 0.5) is 0 Å². The minimum atomic E-state index is -1.32. The molecule has 0 saturated carbocycles. The molecule has 9 N–H and O–H groups in total. The van der Waals surface area contributed by atoms with Crippen molar-refractivity contribution in [1.82, 2.24) is 25.9 Å². The summed E-state index contributed by atoms with van der Waals surface area (Å²) in [5.41, 5.74) is 11.7. The number of carboxylic acid groups (broad SMARTS) is 1. The molecule has 13 nitrogen and oxygen atoms in total. The number of aromatic nitrogens is 2. The lowest BCUT2D eigenvalue weighted by Gasteiger charge is -2.28. The van der Waals surface area contributed by atoms with Crippen molar-refractivity contribution in [2.24, 2.45) is 23.3 Å². The van der Waals surface area contributed by atoms with Crippen LogP contribution in [0.1, 0.15) is 59.1 Å². The van der Waals surface area contributed by atoms with Crippen molar-refractivity contribution >= 4 is 29.6 Å². The van der Waals surface area contributed by atoms with E-state index in [4.69, 9.17) is 11.5 Å². The van der Waals surface area contributed by atoms with E-state index >= 15 is 0 Å². The van der Waals surface area contributed by atoms with Crippen molar-refractivity contribution in [3.63, 3.8) is 0 Å². The summed E-state index contributed by atoms with van der Waals surface area (Å²) in [7, 11) is 0. The maximum Gasteiger partial charge on any atom is 0.326 e. The summed E-state index contributed by atoms with van der Waals surface area (Å²) in [6, 6.07) is -4.39. The second kappa shape index (κ2) is 14.8. The van der Waals surface area contributed by atoms with Crippen LogP contribution in [-0.2, 0) is 30.4 Å². The molecule has 1 aromatic rings. The standard InChI is InChI=1S/C23H39N7O6/c1-5-12(3)18(25)21(33)30-19(13(4)6-2)22(34)28-15(7-8-17(24)31)20(32)29-16(23(35)36)9-14-10-26-11-27-14/h10-13,15-16,18-19H,5-9,25H2,1-4H3,(H2,24,31)(H,26,27)(H,28,34)(H,29,32)(H,30,33)(H,35,36). The number of rotatable bonds is 16. The second-order valence-electron chi connectivity index (χ2n) is 9.03. The Hall–Kier alpha value is -3.48. The zero-order valence-electron chi connectivity index (χ0n) is 21.2. The highest BCUT2D eigenvalue weighted by Gasteiger charge is 2.33. The molecule has 0 bridgehead atoms. The lowest BCUT2D eigenvalue weighted by Crippen LogP contribution is -2.59. The van der Waals surface area contributed by atoms with Crippen molar-refractivity contribution < 1.29 is 29.1 Å². The van der Waals surface area contributed by atoms with Gasteiger partial charge >= 0.3 is 5.97 Å². The Morgan fingerprint density at radius 3 is 2.08 bits per heavy atom. The number of hydrogen-bond donors (Lipinski definition) is 7. The van der Waals surface area contributed by atoms with Gasteiger partial charge in [0.05, 0.1) is 12.4 Å². The van der Waals surface area contributed by atoms with Crippen molar-refractivity contribution in [2.45, 2.75) is 84.0 Å². The number of carbonyl (C=O) groups excluding carboxylic acids is 4. The van der Waals surface area contributed by atoms with E-state index in [2.05, 4.69) is 25.9 Å². The van der Waals surface area contributed by atoms with Gasteiger partial charge in [0, 0.05) is 24.7 Å². The Bertz CT molecular complexity index is 892. The average Bonchev–Trinajstić information content (AvgIpc) is 3.35. The number of primary amides is 1. The van der Waals surface area contributed by atoms with E-state index in [1.54, 1.807) is 6.92 Å². The van der Waals surface area contributed by atoms with Gasteiger partial charge in [-0.25, -0.2) is 9.78 Å².